The molecule has 0 heterocycles. The number of esters is 1. The second-order valence-electron chi connectivity index (χ2n) is 2.22. The van der Waals surface area contributed by atoms with Crippen LogP contribution in [0.15, 0.2) is 24.3 Å². The maximum absolute atomic E-state index is 11.0. The predicted molar refractivity (Wildman–Crippen MR) is 46.5 cm³/mol. The molecule has 1 amide bonds. The van der Waals surface area contributed by atoms with Gasteiger partial charge < -0.3 is 10.5 Å². The first-order valence-electron chi connectivity index (χ1n) is 3.37. The van der Waals surface area contributed by atoms with E-state index in [1.807, 2.05) is 0 Å². The lowest BCUT2D eigenvalue weighted by atomic mass is 10.2. The van der Waals surface area contributed by atoms with Gasteiger partial charge in [-0.3, -0.25) is 0 Å². The van der Waals surface area contributed by atoms with Gasteiger partial charge >= 0.3 is 12.1 Å². The van der Waals surface area contributed by atoms with Crippen molar-refractivity contribution in [3.05, 3.63) is 34.9 Å². The average Bonchev–Trinajstić information content (AvgIpc) is 2.04. The number of rotatable bonds is 1. The fourth-order valence-electron chi connectivity index (χ4n) is 0.736. The molecule has 13 heavy (non-hydrogen) atoms. The predicted octanol–water partition coefficient (Wildman–Crippen LogP) is 1.58. The average molecular weight is 200 g/mol. The SMILES string of the molecule is NC(=O)OC(=O)c1ccc(Cl)cc1. The Bertz CT molecular complexity index is 334. The number of hydrogen-bond acceptors (Lipinski definition) is 3. The summed E-state index contributed by atoms with van der Waals surface area (Å²) in [6, 6.07) is 5.90. The maximum atomic E-state index is 11.0. The van der Waals surface area contributed by atoms with Crippen molar-refractivity contribution in [1.29, 1.82) is 0 Å². The Kier molecular flexibility index (Phi) is 2.87. The van der Waals surface area contributed by atoms with Gasteiger partial charge in [-0.15, -0.1) is 0 Å². The van der Waals surface area contributed by atoms with E-state index in [9.17, 15) is 9.59 Å². The molecule has 68 valence electrons. The van der Waals surface area contributed by atoms with E-state index < -0.39 is 12.1 Å². The fourth-order valence-corrected chi connectivity index (χ4v) is 0.862. The van der Waals surface area contributed by atoms with Gasteiger partial charge in [0.2, 0.25) is 0 Å². The first-order chi connectivity index (χ1) is 6.09. The normalized spacial score (nSPS) is 9.31. The van der Waals surface area contributed by atoms with Crippen LogP contribution in [0.25, 0.3) is 0 Å². The number of benzene rings is 1. The van der Waals surface area contributed by atoms with Gasteiger partial charge in [-0.25, -0.2) is 9.59 Å². The van der Waals surface area contributed by atoms with E-state index in [1.165, 1.54) is 24.3 Å². The molecule has 0 radical (unpaired) electrons. The number of amides is 1. The van der Waals surface area contributed by atoms with Gasteiger partial charge in [0.05, 0.1) is 5.56 Å². The summed E-state index contributed by atoms with van der Waals surface area (Å²) < 4.78 is 4.13. The Morgan fingerprint density at radius 1 is 1.23 bits per heavy atom. The van der Waals surface area contributed by atoms with E-state index in [2.05, 4.69) is 10.5 Å². The molecule has 1 aromatic carbocycles. The highest BCUT2D eigenvalue weighted by Gasteiger charge is 2.09. The third kappa shape index (κ3) is 2.76. The van der Waals surface area contributed by atoms with Crippen LogP contribution in [0.2, 0.25) is 5.02 Å². The second kappa shape index (κ2) is 3.91. The van der Waals surface area contributed by atoms with Gasteiger partial charge in [-0.1, -0.05) is 11.6 Å². The number of carbonyl (C=O) groups excluding carboxylic acids is 2. The monoisotopic (exact) mass is 199 g/mol. The molecular formula is C8H6ClNO3. The Balaban J connectivity index is 2.78. The number of carbonyl (C=O) groups is 2. The van der Waals surface area contributed by atoms with Crippen molar-refractivity contribution in [3.8, 4) is 0 Å². The summed E-state index contributed by atoms with van der Waals surface area (Å²) in [6.45, 7) is 0. The number of nitrogens with two attached hydrogens (primary N) is 1. The third-order valence-corrected chi connectivity index (χ3v) is 1.53. The summed E-state index contributed by atoms with van der Waals surface area (Å²) in [6.07, 6.45) is -1.13. The molecular weight excluding hydrogens is 194 g/mol. The smallest absolute Gasteiger partial charge is 0.373 e. The lowest BCUT2D eigenvalue weighted by Gasteiger charge is -1.98. The van der Waals surface area contributed by atoms with Gasteiger partial charge in [0, 0.05) is 5.02 Å². The lowest BCUT2D eigenvalue weighted by Crippen LogP contribution is -2.18. The zero-order valence-corrected chi connectivity index (χ0v) is 7.25. The summed E-state index contributed by atoms with van der Waals surface area (Å²) in [4.78, 5) is 21.2. The molecule has 0 saturated carbocycles. The minimum absolute atomic E-state index is 0.225. The molecule has 1 aromatic rings. The van der Waals surface area contributed by atoms with Crippen LogP contribution < -0.4 is 5.73 Å². The minimum Gasteiger partial charge on any atom is -0.373 e. The van der Waals surface area contributed by atoms with Crippen molar-refractivity contribution < 1.29 is 14.3 Å². The van der Waals surface area contributed by atoms with Crippen molar-refractivity contribution >= 4 is 23.7 Å². The van der Waals surface area contributed by atoms with Crippen molar-refractivity contribution in [2.75, 3.05) is 0 Å². The topological polar surface area (TPSA) is 69.4 Å². The van der Waals surface area contributed by atoms with E-state index in [1.54, 1.807) is 0 Å². The molecule has 0 atom stereocenters. The van der Waals surface area contributed by atoms with Crippen LogP contribution >= 0.6 is 11.6 Å². The van der Waals surface area contributed by atoms with Crippen LogP contribution in [0.3, 0.4) is 0 Å². The zero-order valence-electron chi connectivity index (χ0n) is 6.49. The van der Waals surface area contributed by atoms with Gasteiger partial charge in [0.25, 0.3) is 0 Å². The maximum Gasteiger partial charge on any atom is 0.412 e. The molecule has 2 N–H and O–H groups in total. The van der Waals surface area contributed by atoms with E-state index >= 15 is 0 Å². The largest absolute Gasteiger partial charge is 0.412 e. The minimum atomic E-state index is -1.13. The van der Waals surface area contributed by atoms with Gasteiger partial charge in [-0.2, -0.15) is 0 Å². The zero-order chi connectivity index (χ0) is 9.84. The molecule has 0 aliphatic carbocycles. The summed E-state index contributed by atoms with van der Waals surface area (Å²) in [5.41, 5.74) is 4.88. The Morgan fingerprint density at radius 3 is 2.23 bits per heavy atom. The van der Waals surface area contributed by atoms with Crippen molar-refractivity contribution in [1.82, 2.24) is 0 Å². The van der Waals surface area contributed by atoms with Crippen LogP contribution in [0.5, 0.6) is 0 Å². The van der Waals surface area contributed by atoms with Crippen LogP contribution in [0.4, 0.5) is 4.79 Å². The molecule has 0 unspecified atom stereocenters. The number of hydrogen-bond donors (Lipinski definition) is 1. The summed E-state index contributed by atoms with van der Waals surface area (Å²) in [5.74, 6) is -0.788. The lowest BCUT2D eigenvalue weighted by molar-refractivity contribution is 0.0638. The van der Waals surface area contributed by atoms with Crippen molar-refractivity contribution in [2.45, 2.75) is 0 Å². The Morgan fingerprint density at radius 2 is 1.77 bits per heavy atom. The molecule has 0 saturated heterocycles. The van der Waals surface area contributed by atoms with Crippen LogP contribution in [0, 0.1) is 0 Å². The first kappa shape index (κ1) is 9.54. The summed E-state index contributed by atoms with van der Waals surface area (Å²) >= 11 is 5.58. The summed E-state index contributed by atoms with van der Waals surface area (Å²) in [7, 11) is 0. The van der Waals surface area contributed by atoms with E-state index in [-0.39, 0.29) is 5.56 Å². The molecule has 0 aliphatic heterocycles. The molecule has 0 bridgehead atoms. The molecule has 5 heteroatoms. The second-order valence-corrected chi connectivity index (χ2v) is 2.65. The molecule has 0 spiro atoms. The quantitative estimate of drug-likeness (QED) is 0.551. The molecule has 0 fully saturated rings. The molecule has 1 rings (SSSR count). The van der Waals surface area contributed by atoms with Crippen LogP contribution in [0.1, 0.15) is 10.4 Å². The van der Waals surface area contributed by atoms with Gasteiger partial charge in [0.1, 0.15) is 0 Å². The third-order valence-electron chi connectivity index (χ3n) is 1.27. The van der Waals surface area contributed by atoms with Gasteiger partial charge in [0.15, 0.2) is 0 Å². The molecule has 0 aromatic heterocycles. The number of halogens is 1. The van der Waals surface area contributed by atoms with Crippen LogP contribution in [-0.2, 0) is 4.74 Å². The fraction of sp³-hybridized carbons (Fsp3) is 0. The van der Waals surface area contributed by atoms with Crippen LogP contribution in [-0.4, -0.2) is 12.1 Å². The highest BCUT2D eigenvalue weighted by atomic mass is 35.5. The molecule has 0 aliphatic rings. The number of ether oxygens (including phenoxy) is 1. The van der Waals surface area contributed by atoms with E-state index in [0.29, 0.717) is 5.02 Å². The highest BCUT2D eigenvalue weighted by Crippen LogP contribution is 2.10. The standard InChI is InChI=1S/C8H6ClNO3/c9-6-3-1-5(2-4-6)7(11)13-8(10)12/h1-4H,(H2,10,12). The van der Waals surface area contributed by atoms with Gasteiger partial charge in [-0.05, 0) is 24.3 Å². The van der Waals surface area contributed by atoms with Crippen molar-refractivity contribution in [2.24, 2.45) is 5.73 Å². The highest BCUT2D eigenvalue weighted by molar-refractivity contribution is 6.30. The first-order valence-corrected chi connectivity index (χ1v) is 3.74. The van der Waals surface area contributed by atoms with E-state index in [0.717, 1.165) is 0 Å². The van der Waals surface area contributed by atoms with E-state index in [4.69, 9.17) is 11.6 Å². The Hall–Kier alpha value is -1.55. The van der Waals surface area contributed by atoms with Crippen molar-refractivity contribution in [3.63, 3.8) is 0 Å². The number of primary amides is 1. The summed E-state index contributed by atoms with van der Waals surface area (Å²) in [5, 5.41) is 0.496. The Labute approximate surface area is 79.2 Å². The molecule has 4 nitrogen and oxygen atoms in total.